The van der Waals surface area contributed by atoms with Gasteiger partial charge in [-0.15, -0.1) is 0 Å². The highest BCUT2D eigenvalue weighted by molar-refractivity contribution is 5.86. The van der Waals surface area contributed by atoms with Crippen molar-refractivity contribution in [1.29, 1.82) is 0 Å². The molecular formula is C15H18O. The maximum Gasteiger partial charge on any atom is 0.134 e. The summed E-state index contributed by atoms with van der Waals surface area (Å²) in [4.78, 5) is 0. The standard InChI is InChI=1S/C15H18O/c1-9(2)12-5-4-11-8-16-14-7-10(3)6-13(12)15(11)14/h6-9,12H,4-5H2,1-3H3. The van der Waals surface area contributed by atoms with Crippen LogP contribution >= 0.6 is 0 Å². The van der Waals surface area contributed by atoms with Gasteiger partial charge in [0.15, 0.2) is 0 Å². The Morgan fingerprint density at radius 3 is 2.88 bits per heavy atom. The summed E-state index contributed by atoms with van der Waals surface area (Å²) < 4.78 is 5.67. The molecule has 0 saturated heterocycles. The van der Waals surface area contributed by atoms with Gasteiger partial charge in [0.1, 0.15) is 5.58 Å². The largest absolute Gasteiger partial charge is 0.464 e. The minimum absolute atomic E-state index is 0.701. The minimum Gasteiger partial charge on any atom is -0.464 e. The minimum atomic E-state index is 0.701. The molecule has 0 amide bonds. The van der Waals surface area contributed by atoms with Crippen molar-refractivity contribution in [3.05, 3.63) is 35.1 Å². The van der Waals surface area contributed by atoms with Crippen LogP contribution in [0.2, 0.25) is 0 Å². The molecule has 1 aromatic heterocycles. The van der Waals surface area contributed by atoms with Gasteiger partial charge in [0.25, 0.3) is 0 Å². The van der Waals surface area contributed by atoms with E-state index in [-0.39, 0.29) is 0 Å². The Balaban J connectivity index is 2.31. The van der Waals surface area contributed by atoms with Crippen LogP contribution in [0, 0.1) is 12.8 Å². The average Bonchev–Trinajstić information content (AvgIpc) is 2.62. The van der Waals surface area contributed by atoms with Crippen molar-refractivity contribution in [2.24, 2.45) is 5.92 Å². The van der Waals surface area contributed by atoms with Crippen molar-refractivity contribution in [1.82, 2.24) is 0 Å². The predicted molar refractivity (Wildman–Crippen MR) is 66.9 cm³/mol. The fourth-order valence-corrected chi connectivity index (χ4v) is 3.05. The van der Waals surface area contributed by atoms with Crippen LogP contribution in [0.4, 0.5) is 0 Å². The molecule has 1 heterocycles. The lowest BCUT2D eigenvalue weighted by atomic mass is 9.77. The molecule has 84 valence electrons. The molecule has 2 aromatic rings. The lowest BCUT2D eigenvalue weighted by molar-refractivity contribution is 0.464. The van der Waals surface area contributed by atoms with Gasteiger partial charge in [-0.25, -0.2) is 0 Å². The van der Waals surface area contributed by atoms with Crippen molar-refractivity contribution < 1.29 is 4.42 Å². The third kappa shape index (κ3) is 1.31. The van der Waals surface area contributed by atoms with Crippen LogP contribution in [0.1, 0.15) is 42.9 Å². The molecule has 0 N–H and O–H groups in total. The van der Waals surface area contributed by atoms with E-state index in [9.17, 15) is 0 Å². The fourth-order valence-electron chi connectivity index (χ4n) is 3.05. The monoisotopic (exact) mass is 214 g/mol. The SMILES string of the molecule is Cc1cc2c3c(coc3c1)CCC2C(C)C. The van der Waals surface area contributed by atoms with E-state index in [4.69, 9.17) is 4.42 Å². The van der Waals surface area contributed by atoms with Gasteiger partial charge in [-0.2, -0.15) is 0 Å². The average molecular weight is 214 g/mol. The summed E-state index contributed by atoms with van der Waals surface area (Å²) in [5, 5.41) is 1.40. The first-order valence-corrected chi connectivity index (χ1v) is 6.17. The van der Waals surface area contributed by atoms with Gasteiger partial charge in [0.2, 0.25) is 0 Å². The number of hydrogen-bond donors (Lipinski definition) is 0. The summed E-state index contributed by atoms with van der Waals surface area (Å²) in [5.74, 6) is 1.42. The first-order chi connectivity index (χ1) is 7.66. The highest BCUT2D eigenvalue weighted by Gasteiger charge is 2.25. The van der Waals surface area contributed by atoms with Gasteiger partial charge in [-0.3, -0.25) is 0 Å². The Bertz CT molecular complexity index is 534. The zero-order valence-corrected chi connectivity index (χ0v) is 10.2. The second-order valence-electron chi connectivity index (χ2n) is 5.38. The van der Waals surface area contributed by atoms with E-state index in [0.29, 0.717) is 11.8 Å². The molecule has 16 heavy (non-hydrogen) atoms. The molecule has 1 atom stereocenters. The normalized spacial score (nSPS) is 19.6. The number of benzene rings is 1. The van der Waals surface area contributed by atoms with Crippen molar-refractivity contribution in [3.8, 4) is 0 Å². The van der Waals surface area contributed by atoms with Crippen molar-refractivity contribution in [3.63, 3.8) is 0 Å². The Morgan fingerprint density at radius 1 is 1.31 bits per heavy atom. The summed E-state index contributed by atoms with van der Waals surface area (Å²) in [7, 11) is 0. The van der Waals surface area contributed by atoms with Crippen LogP contribution in [0.25, 0.3) is 11.0 Å². The topological polar surface area (TPSA) is 13.1 Å². The highest BCUT2D eigenvalue weighted by atomic mass is 16.3. The van der Waals surface area contributed by atoms with Crippen LogP contribution in [0.5, 0.6) is 0 Å². The molecule has 1 heteroatoms. The van der Waals surface area contributed by atoms with E-state index in [0.717, 1.165) is 5.58 Å². The lowest BCUT2D eigenvalue weighted by Crippen LogP contribution is -2.12. The first kappa shape index (κ1) is 9.95. The Labute approximate surface area is 96.5 Å². The molecule has 1 unspecified atom stereocenters. The maximum absolute atomic E-state index is 5.67. The Morgan fingerprint density at radius 2 is 2.12 bits per heavy atom. The Hall–Kier alpha value is -1.24. The first-order valence-electron chi connectivity index (χ1n) is 6.17. The summed E-state index contributed by atoms with van der Waals surface area (Å²) in [6.07, 6.45) is 4.39. The molecule has 1 aliphatic carbocycles. The van der Waals surface area contributed by atoms with Gasteiger partial charge >= 0.3 is 0 Å². The van der Waals surface area contributed by atoms with E-state index in [1.165, 1.54) is 34.9 Å². The second kappa shape index (κ2) is 3.38. The molecule has 0 aliphatic heterocycles. The number of furan rings is 1. The van der Waals surface area contributed by atoms with Crippen LogP contribution in [0.15, 0.2) is 22.8 Å². The smallest absolute Gasteiger partial charge is 0.134 e. The summed E-state index contributed by atoms with van der Waals surface area (Å²) in [6.45, 7) is 6.80. The van der Waals surface area contributed by atoms with Gasteiger partial charge in [0.05, 0.1) is 6.26 Å². The second-order valence-corrected chi connectivity index (χ2v) is 5.38. The molecule has 0 fully saturated rings. The molecule has 1 nitrogen and oxygen atoms in total. The van der Waals surface area contributed by atoms with Crippen molar-refractivity contribution >= 4 is 11.0 Å². The number of hydrogen-bond acceptors (Lipinski definition) is 1. The van der Waals surface area contributed by atoms with E-state index in [2.05, 4.69) is 32.9 Å². The third-order valence-electron chi connectivity index (χ3n) is 3.86. The molecule has 1 aliphatic rings. The Kier molecular flexibility index (Phi) is 2.10. The molecule has 0 bridgehead atoms. The van der Waals surface area contributed by atoms with E-state index >= 15 is 0 Å². The molecule has 3 rings (SSSR count). The molecule has 0 saturated carbocycles. The lowest BCUT2D eigenvalue weighted by Gasteiger charge is -2.26. The van der Waals surface area contributed by atoms with Crippen LogP contribution in [-0.4, -0.2) is 0 Å². The predicted octanol–water partition coefficient (Wildman–Crippen LogP) is 4.43. The summed E-state index contributed by atoms with van der Waals surface area (Å²) in [6, 6.07) is 4.51. The molecule has 0 spiro atoms. The van der Waals surface area contributed by atoms with E-state index < -0.39 is 0 Å². The summed E-state index contributed by atoms with van der Waals surface area (Å²) in [5.41, 5.74) is 5.31. The fraction of sp³-hybridized carbons (Fsp3) is 0.467. The quantitative estimate of drug-likeness (QED) is 0.684. The van der Waals surface area contributed by atoms with Gasteiger partial charge in [-0.1, -0.05) is 19.9 Å². The number of aryl methyl sites for hydroxylation is 2. The molecule has 0 radical (unpaired) electrons. The van der Waals surface area contributed by atoms with Gasteiger partial charge in [0, 0.05) is 5.39 Å². The molecular weight excluding hydrogens is 196 g/mol. The van der Waals surface area contributed by atoms with Crippen molar-refractivity contribution in [2.45, 2.75) is 39.5 Å². The number of rotatable bonds is 1. The van der Waals surface area contributed by atoms with Gasteiger partial charge in [-0.05, 0) is 54.4 Å². The molecule has 1 aromatic carbocycles. The van der Waals surface area contributed by atoms with E-state index in [1.54, 1.807) is 0 Å². The maximum atomic E-state index is 5.67. The highest BCUT2D eigenvalue weighted by Crippen LogP contribution is 2.41. The van der Waals surface area contributed by atoms with Crippen LogP contribution in [-0.2, 0) is 6.42 Å². The zero-order valence-electron chi connectivity index (χ0n) is 10.2. The van der Waals surface area contributed by atoms with Crippen molar-refractivity contribution in [2.75, 3.05) is 0 Å². The summed E-state index contributed by atoms with van der Waals surface area (Å²) >= 11 is 0. The van der Waals surface area contributed by atoms with E-state index in [1.807, 2.05) is 6.26 Å². The third-order valence-corrected chi connectivity index (χ3v) is 3.86. The zero-order chi connectivity index (χ0) is 11.3. The van der Waals surface area contributed by atoms with Gasteiger partial charge < -0.3 is 4.42 Å². The van der Waals surface area contributed by atoms with Crippen LogP contribution in [0.3, 0.4) is 0 Å². The van der Waals surface area contributed by atoms with Crippen LogP contribution < -0.4 is 0 Å².